The molecule has 1 aliphatic heterocycles. The van der Waals surface area contributed by atoms with Crippen LogP contribution in [-0.2, 0) is 14.3 Å². The van der Waals surface area contributed by atoms with Gasteiger partial charge in [0.25, 0.3) is 0 Å². The lowest BCUT2D eigenvalue weighted by Gasteiger charge is -2.26. The van der Waals surface area contributed by atoms with Crippen molar-refractivity contribution in [1.82, 2.24) is 4.90 Å². The van der Waals surface area contributed by atoms with E-state index in [-0.39, 0.29) is 11.9 Å². The molecule has 0 N–H and O–H groups in total. The summed E-state index contributed by atoms with van der Waals surface area (Å²) >= 11 is 0. The lowest BCUT2D eigenvalue weighted by molar-refractivity contribution is -0.144. The SMILES string of the molecule is O=C(OCCN1CCOCC1)C1C=Cc2ccccc21. The van der Waals surface area contributed by atoms with Crippen molar-refractivity contribution in [3.05, 3.63) is 41.5 Å². The molecule has 4 nitrogen and oxygen atoms in total. The molecule has 2 aliphatic rings. The normalized spacial score (nSPS) is 21.7. The monoisotopic (exact) mass is 273 g/mol. The van der Waals surface area contributed by atoms with Crippen LogP contribution in [0.3, 0.4) is 0 Å². The first kappa shape index (κ1) is 13.3. The summed E-state index contributed by atoms with van der Waals surface area (Å²) in [4.78, 5) is 14.4. The molecule has 1 aromatic rings. The maximum absolute atomic E-state index is 12.1. The van der Waals surface area contributed by atoms with Gasteiger partial charge in [-0.25, -0.2) is 0 Å². The van der Waals surface area contributed by atoms with E-state index >= 15 is 0 Å². The summed E-state index contributed by atoms with van der Waals surface area (Å²) in [6.07, 6.45) is 3.91. The van der Waals surface area contributed by atoms with Crippen molar-refractivity contribution in [3.8, 4) is 0 Å². The van der Waals surface area contributed by atoms with E-state index in [4.69, 9.17) is 9.47 Å². The highest BCUT2D eigenvalue weighted by atomic mass is 16.5. The van der Waals surface area contributed by atoms with Crippen LogP contribution in [0.25, 0.3) is 6.08 Å². The standard InChI is InChI=1S/C16H19NO3/c18-16(20-12-9-17-7-10-19-11-8-17)15-6-5-13-3-1-2-4-14(13)15/h1-6,15H,7-12H2. The Morgan fingerprint density at radius 3 is 2.95 bits per heavy atom. The Morgan fingerprint density at radius 1 is 1.30 bits per heavy atom. The van der Waals surface area contributed by atoms with E-state index in [1.165, 1.54) is 0 Å². The van der Waals surface area contributed by atoms with Crippen molar-refractivity contribution in [2.24, 2.45) is 0 Å². The first-order chi connectivity index (χ1) is 9.84. The predicted molar refractivity (Wildman–Crippen MR) is 76.4 cm³/mol. The number of carbonyl (C=O) groups excluding carboxylic acids is 1. The minimum absolute atomic E-state index is 0.153. The number of hydrogen-bond acceptors (Lipinski definition) is 4. The van der Waals surface area contributed by atoms with Gasteiger partial charge in [-0.15, -0.1) is 0 Å². The Morgan fingerprint density at radius 2 is 2.10 bits per heavy atom. The molecule has 1 atom stereocenters. The molecular formula is C16H19NO3. The molecule has 0 aromatic heterocycles. The quantitative estimate of drug-likeness (QED) is 0.782. The fourth-order valence-corrected chi connectivity index (χ4v) is 2.64. The van der Waals surface area contributed by atoms with Crippen molar-refractivity contribution in [2.45, 2.75) is 5.92 Å². The van der Waals surface area contributed by atoms with Crippen molar-refractivity contribution in [3.63, 3.8) is 0 Å². The molecule has 3 rings (SSSR count). The number of fused-ring (bicyclic) bond motifs is 1. The van der Waals surface area contributed by atoms with Gasteiger partial charge < -0.3 is 9.47 Å². The summed E-state index contributed by atoms with van der Waals surface area (Å²) < 4.78 is 10.7. The summed E-state index contributed by atoms with van der Waals surface area (Å²) in [5.41, 5.74) is 2.16. The number of rotatable bonds is 4. The van der Waals surface area contributed by atoms with E-state index in [9.17, 15) is 4.79 Å². The average Bonchev–Trinajstić information content (AvgIpc) is 2.92. The van der Waals surface area contributed by atoms with Crippen LogP contribution in [0.1, 0.15) is 17.0 Å². The van der Waals surface area contributed by atoms with E-state index in [2.05, 4.69) is 4.90 Å². The largest absolute Gasteiger partial charge is 0.464 e. The smallest absolute Gasteiger partial charge is 0.317 e. The Balaban J connectivity index is 1.49. The van der Waals surface area contributed by atoms with E-state index in [1.54, 1.807) is 0 Å². The fourth-order valence-electron chi connectivity index (χ4n) is 2.64. The van der Waals surface area contributed by atoms with Crippen molar-refractivity contribution in [1.29, 1.82) is 0 Å². The predicted octanol–water partition coefficient (Wildman–Crippen LogP) is 1.67. The van der Waals surface area contributed by atoms with E-state index < -0.39 is 0 Å². The lowest BCUT2D eigenvalue weighted by atomic mass is 10.0. The molecule has 0 saturated carbocycles. The van der Waals surface area contributed by atoms with Gasteiger partial charge in [0.05, 0.1) is 13.2 Å². The van der Waals surface area contributed by atoms with Gasteiger partial charge in [-0.2, -0.15) is 0 Å². The molecule has 1 aliphatic carbocycles. The van der Waals surface area contributed by atoms with Crippen LogP contribution in [-0.4, -0.2) is 50.3 Å². The number of nitrogens with zero attached hydrogens (tertiary/aromatic N) is 1. The number of morpholine rings is 1. The van der Waals surface area contributed by atoms with E-state index in [1.807, 2.05) is 36.4 Å². The minimum Gasteiger partial charge on any atom is -0.464 e. The topological polar surface area (TPSA) is 38.8 Å². The first-order valence-corrected chi connectivity index (χ1v) is 7.08. The minimum atomic E-state index is -0.240. The molecule has 0 radical (unpaired) electrons. The number of carbonyl (C=O) groups is 1. The third kappa shape index (κ3) is 2.92. The summed E-state index contributed by atoms with van der Waals surface area (Å²) in [6.45, 7) is 4.62. The van der Waals surface area contributed by atoms with Gasteiger partial charge in [0.1, 0.15) is 12.5 Å². The van der Waals surface area contributed by atoms with Gasteiger partial charge >= 0.3 is 5.97 Å². The Kier molecular flexibility index (Phi) is 4.14. The van der Waals surface area contributed by atoms with E-state index in [0.717, 1.165) is 44.0 Å². The average molecular weight is 273 g/mol. The number of ether oxygens (including phenoxy) is 2. The maximum atomic E-state index is 12.1. The zero-order valence-corrected chi connectivity index (χ0v) is 11.5. The molecule has 0 amide bonds. The Bertz CT molecular complexity index is 506. The third-order valence-corrected chi connectivity index (χ3v) is 3.81. The Labute approximate surface area is 119 Å². The molecule has 20 heavy (non-hydrogen) atoms. The first-order valence-electron chi connectivity index (χ1n) is 7.08. The van der Waals surface area contributed by atoms with Crippen LogP contribution in [0.15, 0.2) is 30.3 Å². The zero-order valence-electron chi connectivity index (χ0n) is 11.5. The summed E-state index contributed by atoms with van der Waals surface area (Å²) in [5.74, 6) is -0.393. The molecular weight excluding hydrogens is 254 g/mol. The van der Waals surface area contributed by atoms with Crippen molar-refractivity contribution >= 4 is 12.0 Å². The highest BCUT2D eigenvalue weighted by molar-refractivity contribution is 5.86. The molecule has 1 fully saturated rings. The van der Waals surface area contributed by atoms with Crippen molar-refractivity contribution in [2.75, 3.05) is 39.5 Å². The highest BCUT2D eigenvalue weighted by Gasteiger charge is 2.25. The third-order valence-electron chi connectivity index (χ3n) is 3.81. The van der Waals surface area contributed by atoms with Crippen LogP contribution >= 0.6 is 0 Å². The van der Waals surface area contributed by atoms with Crippen LogP contribution in [0.5, 0.6) is 0 Å². The molecule has 0 bridgehead atoms. The molecule has 1 aromatic carbocycles. The zero-order chi connectivity index (χ0) is 13.8. The Hall–Kier alpha value is -1.65. The van der Waals surface area contributed by atoms with Crippen LogP contribution < -0.4 is 0 Å². The van der Waals surface area contributed by atoms with Gasteiger partial charge in [0.2, 0.25) is 0 Å². The van der Waals surface area contributed by atoms with Gasteiger partial charge in [0, 0.05) is 19.6 Å². The van der Waals surface area contributed by atoms with Crippen LogP contribution in [0.4, 0.5) is 0 Å². The maximum Gasteiger partial charge on any atom is 0.317 e. The second-order valence-corrected chi connectivity index (χ2v) is 5.09. The lowest BCUT2D eigenvalue weighted by Crippen LogP contribution is -2.38. The summed E-state index contributed by atoms with van der Waals surface area (Å²) in [6, 6.07) is 7.95. The van der Waals surface area contributed by atoms with Crippen LogP contribution in [0.2, 0.25) is 0 Å². The van der Waals surface area contributed by atoms with Crippen molar-refractivity contribution < 1.29 is 14.3 Å². The number of esters is 1. The number of hydrogen-bond donors (Lipinski definition) is 0. The van der Waals surface area contributed by atoms with Gasteiger partial charge in [-0.3, -0.25) is 9.69 Å². The van der Waals surface area contributed by atoms with Gasteiger partial charge in [-0.05, 0) is 11.1 Å². The molecule has 4 heteroatoms. The number of benzene rings is 1. The van der Waals surface area contributed by atoms with E-state index in [0.29, 0.717) is 6.61 Å². The molecule has 106 valence electrons. The molecule has 1 heterocycles. The summed E-state index contributed by atoms with van der Waals surface area (Å²) in [7, 11) is 0. The second-order valence-electron chi connectivity index (χ2n) is 5.09. The molecule has 1 saturated heterocycles. The summed E-state index contributed by atoms with van der Waals surface area (Å²) in [5, 5.41) is 0. The van der Waals surface area contributed by atoms with Gasteiger partial charge in [-0.1, -0.05) is 36.4 Å². The molecule has 0 spiro atoms. The van der Waals surface area contributed by atoms with Crippen LogP contribution in [0, 0.1) is 0 Å². The second kappa shape index (κ2) is 6.20. The molecule has 1 unspecified atom stereocenters. The van der Waals surface area contributed by atoms with Gasteiger partial charge in [0.15, 0.2) is 0 Å². The highest BCUT2D eigenvalue weighted by Crippen LogP contribution is 2.30. The fraction of sp³-hybridized carbons (Fsp3) is 0.438.